The van der Waals surface area contributed by atoms with Gasteiger partial charge in [-0.3, -0.25) is 14.9 Å². The quantitative estimate of drug-likeness (QED) is 0.373. The molecule has 3 rings (SSSR count). The Labute approximate surface area is 191 Å². The van der Waals surface area contributed by atoms with Crippen LogP contribution in [0.5, 0.6) is 0 Å². The van der Waals surface area contributed by atoms with Crippen molar-refractivity contribution in [2.24, 2.45) is 0 Å². The number of rotatable bonds is 6. The fraction of sp³-hybridized carbons (Fsp3) is 0.0417. The minimum atomic E-state index is -0.380. The first-order chi connectivity index (χ1) is 15.0. The summed E-state index contributed by atoms with van der Waals surface area (Å²) in [4.78, 5) is 24.3. The largest absolute Gasteiger partial charge is 0.348 e. The Morgan fingerprint density at radius 1 is 0.903 bits per heavy atom. The summed E-state index contributed by atoms with van der Waals surface area (Å²) in [5.41, 5.74) is 2.94. The highest BCUT2D eigenvalue weighted by molar-refractivity contribution is 7.80. The van der Waals surface area contributed by atoms with E-state index in [-0.39, 0.29) is 16.9 Å². The van der Waals surface area contributed by atoms with Gasteiger partial charge in [-0.15, -0.1) is 0 Å². The van der Waals surface area contributed by atoms with Crippen LogP contribution in [0, 0.1) is 0 Å². The zero-order chi connectivity index (χ0) is 22.1. The monoisotopic (exact) mass is 449 g/mol. The highest BCUT2D eigenvalue weighted by Crippen LogP contribution is 2.16. The van der Waals surface area contributed by atoms with Crippen LogP contribution in [-0.4, -0.2) is 16.9 Å². The van der Waals surface area contributed by atoms with E-state index in [1.54, 1.807) is 42.5 Å². The average Bonchev–Trinajstić information content (AvgIpc) is 2.78. The van der Waals surface area contributed by atoms with E-state index in [0.29, 0.717) is 22.8 Å². The van der Waals surface area contributed by atoms with Crippen molar-refractivity contribution in [1.29, 1.82) is 0 Å². The molecule has 31 heavy (non-hydrogen) atoms. The van der Waals surface area contributed by atoms with Crippen molar-refractivity contribution in [3.8, 4) is 0 Å². The fourth-order valence-electron chi connectivity index (χ4n) is 2.68. The van der Waals surface area contributed by atoms with Gasteiger partial charge in [-0.25, -0.2) is 0 Å². The van der Waals surface area contributed by atoms with Gasteiger partial charge in [0.25, 0.3) is 5.91 Å². The first-order valence-corrected chi connectivity index (χ1v) is 10.3. The summed E-state index contributed by atoms with van der Waals surface area (Å²) < 4.78 is 0. The Balaban J connectivity index is 1.48. The van der Waals surface area contributed by atoms with Crippen LogP contribution in [0.1, 0.15) is 21.5 Å². The number of hydrogen-bond donors (Lipinski definition) is 3. The lowest BCUT2D eigenvalue weighted by atomic mass is 10.2. The average molecular weight is 450 g/mol. The molecule has 2 amide bonds. The van der Waals surface area contributed by atoms with Gasteiger partial charge in [0.05, 0.1) is 0 Å². The summed E-state index contributed by atoms with van der Waals surface area (Å²) in [6.45, 7) is 0.456. The van der Waals surface area contributed by atoms with Crippen LogP contribution < -0.4 is 16.0 Å². The molecule has 0 fully saturated rings. The highest BCUT2D eigenvalue weighted by atomic mass is 35.5. The van der Waals surface area contributed by atoms with E-state index in [4.69, 9.17) is 23.8 Å². The van der Waals surface area contributed by atoms with Crippen LogP contribution in [0.25, 0.3) is 6.08 Å². The predicted molar refractivity (Wildman–Crippen MR) is 129 cm³/mol. The van der Waals surface area contributed by atoms with Crippen LogP contribution >= 0.6 is 23.8 Å². The summed E-state index contributed by atoms with van der Waals surface area (Å²) in [6.07, 6.45) is 2.97. The van der Waals surface area contributed by atoms with E-state index in [9.17, 15) is 9.59 Å². The molecule has 5 nitrogen and oxygen atoms in total. The normalized spacial score (nSPS) is 10.5. The number of amides is 2. The van der Waals surface area contributed by atoms with Gasteiger partial charge in [0.1, 0.15) is 0 Å². The molecule has 0 saturated heterocycles. The van der Waals surface area contributed by atoms with Gasteiger partial charge < -0.3 is 10.6 Å². The maximum Gasteiger partial charge on any atom is 0.251 e. The van der Waals surface area contributed by atoms with Crippen molar-refractivity contribution >= 4 is 52.5 Å². The summed E-state index contributed by atoms with van der Waals surface area (Å²) >= 11 is 11.2. The molecule has 3 aromatic carbocycles. The molecular weight excluding hydrogens is 430 g/mol. The summed E-state index contributed by atoms with van der Waals surface area (Å²) in [7, 11) is 0. The molecule has 0 radical (unpaired) electrons. The number of hydrogen-bond acceptors (Lipinski definition) is 3. The highest BCUT2D eigenvalue weighted by Gasteiger charge is 2.07. The van der Waals surface area contributed by atoms with Crippen LogP contribution in [0.15, 0.2) is 84.9 Å². The third-order valence-electron chi connectivity index (χ3n) is 4.26. The lowest BCUT2D eigenvalue weighted by Gasteiger charge is -2.09. The Hall–Kier alpha value is -3.48. The van der Waals surface area contributed by atoms with E-state index >= 15 is 0 Å². The van der Waals surface area contributed by atoms with E-state index in [1.807, 2.05) is 42.5 Å². The van der Waals surface area contributed by atoms with Crippen molar-refractivity contribution in [2.45, 2.75) is 6.54 Å². The molecule has 3 aromatic rings. The van der Waals surface area contributed by atoms with Gasteiger partial charge in [-0.2, -0.15) is 0 Å². The lowest BCUT2D eigenvalue weighted by molar-refractivity contribution is -0.115. The van der Waals surface area contributed by atoms with Crippen LogP contribution in [0.2, 0.25) is 5.02 Å². The van der Waals surface area contributed by atoms with Crippen molar-refractivity contribution in [3.05, 3.63) is 107 Å². The first-order valence-electron chi connectivity index (χ1n) is 9.48. The van der Waals surface area contributed by atoms with Crippen molar-refractivity contribution in [3.63, 3.8) is 0 Å². The van der Waals surface area contributed by atoms with Gasteiger partial charge in [0, 0.05) is 28.9 Å². The lowest BCUT2D eigenvalue weighted by Crippen LogP contribution is -2.32. The van der Waals surface area contributed by atoms with Gasteiger partial charge in [0.2, 0.25) is 5.91 Å². The zero-order valence-corrected chi connectivity index (χ0v) is 18.0. The first kappa shape index (κ1) is 22.2. The second kappa shape index (κ2) is 11.1. The van der Waals surface area contributed by atoms with Gasteiger partial charge in [-0.1, -0.05) is 60.1 Å². The molecule has 0 saturated carbocycles. The molecule has 7 heteroatoms. The smallest absolute Gasteiger partial charge is 0.251 e. The number of carbonyl (C=O) groups excluding carboxylic acids is 2. The minimum Gasteiger partial charge on any atom is -0.348 e. The SMILES string of the molecule is O=C(/C=C/c1ccccc1Cl)NC(=S)Nc1ccc(C(=O)NCc2ccccc2)cc1. The van der Waals surface area contributed by atoms with Crippen LogP contribution in [0.4, 0.5) is 5.69 Å². The minimum absolute atomic E-state index is 0.148. The fourth-order valence-corrected chi connectivity index (χ4v) is 3.09. The third kappa shape index (κ3) is 7.06. The second-order valence-corrected chi connectivity index (χ2v) is 7.36. The molecule has 0 bridgehead atoms. The molecule has 0 spiro atoms. The Morgan fingerprint density at radius 3 is 2.29 bits per heavy atom. The molecule has 0 heterocycles. The van der Waals surface area contributed by atoms with Crippen LogP contribution in [-0.2, 0) is 11.3 Å². The standard InChI is InChI=1S/C24H20ClN3O2S/c25-21-9-5-4-8-18(21)12-15-22(29)28-24(31)27-20-13-10-19(11-14-20)23(30)26-16-17-6-2-1-3-7-17/h1-15H,16H2,(H,26,30)(H2,27,28,29,31)/b15-12+. The number of thiocarbonyl (C=S) groups is 1. The topological polar surface area (TPSA) is 70.2 Å². The van der Waals surface area contributed by atoms with Gasteiger partial charge in [0.15, 0.2) is 5.11 Å². The van der Waals surface area contributed by atoms with Gasteiger partial charge in [-0.05, 0) is 59.8 Å². The molecule has 156 valence electrons. The Bertz CT molecular complexity index is 1100. The zero-order valence-electron chi connectivity index (χ0n) is 16.5. The molecule has 0 unspecified atom stereocenters. The Morgan fingerprint density at radius 2 is 1.58 bits per heavy atom. The number of carbonyl (C=O) groups is 2. The van der Waals surface area contributed by atoms with Crippen LogP contribution in [0.3, 0.4) is 0 Å². The number of benzene rings is 3. The van der Waals surface area contributed by atoms with E-state index in [0.717, 1.165) is 11.1 Å². The number of halogens is 1. The summed E-state index contributed by atoms with van der Waals surface area (Å²) in [5, 5.41) is 9.06. The number of nitrogens with one attached hydrogen (secondary N) is 3. The molecule has 0 aromatic heterocycles. The predicted octanol–water partition coefficient (Wildman–Crippen LogP) is 4.80. The molecular formula is C24H20ClN3O2S. The van der Waals surface area contributed by atoms with Crippen molar-refractivity contribution in [1.82, 2.24) is 10.6 Å². The number of anilines is 1. The van der Waals surface area contributed by atoms with Gasteiger partial charge >= 0.3 is 0 Å². The van der Waals surface area contributed by atoms with E-state index in [1.165, 1.54) is 6.08 Å². The van der Waals surface area contributed by atoms with E-state index < -0.39 is 0 Å². The summed E-state index contributed by atoms with van der Waals surface area (Å²) in [6, 6.07) is 23.7. The second-order valence-electron chi connectivity index (χ2n) is 6.54. The Kier molecular flexibility index (Phi) is 7.92. The molecule has 0 aliphatic rings. The van der Waals surface area contributed by atoms with E-state index in [2.05, 4.69) is 16.0 Å². The summed E-state index contributed by atoms with van der Waals surface area (Å²) in [5.74, 6) is -0.551. The molecule has 0 atom stereocenters. The van der Waals surface area contributed by atoms with Crippen molar-refractivity contribution in [2.75, 3.05) is 5.32 Å². The maximum atomic E-state index is 12.3. The molecule has 3 N–H and O–H groups in total. The maximum absolute atomic E-state index is 12.3. The van der Waals surface area contributed by atoms with Crippen molar-refractivity contribution < 1.29 is 9.59 Å². The molecule has 0 aliphatic carbocycles. The molecule has 0 aliphatic heterocycles. The third-order valence-corrected chi connectivity index (χ3v) is 4.81.